The zero-order valence-corrected chi connectivity index (χ0v) is 13.6. The van der Waals surface area contributed by atoms with E-state index in [1.165, 1.54) is 5.56 Å². The number of hydrogen-bond donors (Lipinski definition) is 1. The van der Waals surface area contributed by atoms with Gasteiger partial charge in [0.25, 0.3) is 0 Å². The molecular weight excluding hydrogens is 298 g/mol. The number of ether oxygens (including phenoxy) is 1. The molecule has 4 heteroatoms. The number of carbonyl (C=O) groups is 1. The molecule has 0 radical (unpaired) electrons. The summed E-state index contributed by atoms with van der Waals surface area (Å²) in [5, 5.41) is 3.46. The lowest BCUT2D eigenvalue weighted by molar-refractivity contribution is -0.116. The second kappa shape index (κ2) is 7.85. The fourth-order valence-corrected chi connectivity index (χ4v) is 2.20. The maximum Gasteiger partial charge on any atom is 0.227 e. The summed E-state index contributed by atoms with van der Waals surface area (Å²) in [5.41, 5.74) is 2.99. The molecule has 2 aromatic carbocycles. The Kier molecular flexibility index (Phi) is 5.84. The Labute approximate surface area is 136 Å². The van der Waals surface area contributed by atoms with Crippen molar-refractivity contribution in [1.29, 1.82) is 0 Å². The lowest BCUT2D eigenvalue weighted by atomic mass is 10.2. The largest absolute Gasteiger partial charge is 0.493 e. The van der Waals surface area contributed by atoms with Crippen LogP contribution in [0, 0.1) is 6.92 Å². The number of rotatable bonds is 6. The van der Waals surface area contributed by atoms with Crippen LogP contribution in [0.25, 0.3) is 0 Å². The number of anilines is 1. The van der Waals surface area contributed by atoms with E-state index in [1.807, 2.05) is 37.3 Å². The van der Waals surface area contributed by atoms with Crippen molar-refractivity contribution in [2.75, 3.05) is 11.9 Å². The molecule has 0 aliphatic rings. The van der Waals surface area contributed by atoms with E-state index in [-0.39, 0.29) is 5.91 Å². The molecule has 0 bridgehead atoms. The number of benzene rings is 2. The third-order valence-corrected chi connectivity index (χ3v) is 3.64. The summed E-state index contributed by atoms with van der Waals surface area (Å²) < 4.78 is 5.58. The molecule has 0 saturated carbocycles. The smallest absolute Gasteiger partial charge is 0.227 e. The van der Waals surface area contributed by atoms with Gasteiger partial charge in [0, 0.05) is 10.7 Å². The SMILES string of the molecule is CCc1ccc(OCCC(=O)Nc2cc(Cl)ccc2C)cc1. The van der Waals surface area contributed by atoms with Gasteiger partial charge in [0.2, 0.25) is 5.91 Å². The molecule has 0 fully saturated rings. The number of aryl methyl sites for hydroxylation is 2. The molecular formula is C18H20ClNO2. The van der Waals surface area contributed by atoms with Crippen LogP contribution in [0.4, 0.5) is 5.69 Å². The molecule has 2 aromatic rings. The van der Waals surface area contributed by atoms with E-state index in [1.54, 1.807) is 12.1 Å². The van der Waals surface area contributed by atoms with Gasteiger partial charge < -0.3 is 10.1 Å². The Morgan fingerprint density at radius 3 is 2.59 bits per heavy atom. The Hall–Kier alpha value is -2.00. The number of hydrogen-bond acceptors (Lipinski definition) is 2. The molecule has 1 N–H and O–H groups in total. The van der Waals surface area contributed by atoms with Crippen LogP contribution in [-0.4, -0.2) is 12.5 Å². The van der Waals surface area contributed by atoms with Crippen molar-refractivity contribution in [1.82, 2.24) is 0 Å². The van der Waals surface area contributed by atoms with E-state index < -0.39 is 0 Å². The summed E-state index contributed by atoms with van der Waals surface area (Å²) in [6.07, 6.45) is 1.29. The summed E-state index contributed by atoms with van der Waals surface area (Å²) in [4.78, 5) is 11.9. The highest BCUT2D eigenvalue weighted by molar-refractivity contribution is 6.31. The van der Waals surface area contributed by atoms with Gasteiger partial charge in [-0.15, -0.1) is 0 Å². The van der Waals surface area contributed by atoms with Crippen molar-refractivity contribution >= 4 is 23.2 Å². The Balaban J connectivity index is 1.81. The molecule has 22 heavy (non-hydrogen) atoms. The lowest BCUT2D eigenvalue weighted by Gasteiger charge is -2.10. The molecule has 0 aliphatic heterocycles. The van der Waals surface area contributed by atoms with Gasteiger partial charge in [0.15, 0.2) is 0 Å². The van der Waals surface area contributed by atoms with Gasteiger partial charge in [-0.1, -0.05) is 36.7 Å². The van der Waals surface area contributed by atoms with Gasteiger partial charge in [-0.2, -0.15) is 0 Å². The second-order valence-corrected chi connectivity index (χ2v) is 5.54. The minimum atomic E-state index is -0.0875. The first kappa shape index (κ1) is 16.4. The van der Waals surface area contributed by atoms with Crippen molar-refractivity contribution in [3.63, 3.8) is 0 Å². The van der Waals surface area contributed by atoms with Crippen LogP contribution in [0.5, 0.6) is 5.75 Å². The normalized spacial score (nSPS) is 10.3. The second-order valence-electron chi connectivity index (χ2n) is 5.10. The number of nitrogens with one attached hydrogen (secondary N) is 1. The fraction of sp³-hybridized carbons (Fsp3) is 0.278. The van der Waals surface area contributed by atoms with Crippen LogP contribution in [0.15, 0.2) is 42.5 Å². The summed E-state index contributed by atoms with van der Waals surface area (Å²) >= 11 is 5.93. The summed E-state index contributed by atoms with van der Waals surface area (Å²) in [6, 6.07) is 13.4. The number of halogens is 1. The third-order valence-electron chi connectivity index (χ3n) is 3.40. The van der Waals surface area contributed by atoms with Gasteiger partial charge in [-0.25, -0.2) is 0 Å². The average Bonchev–Trinajstić information content (AvgIpc) is 2.51. The van der Waals surface area contributed by atoms with Gasteiger partial charge in [-0.3, -0.25) is 4.79 Å². The van der Waals surface area contributed by atoms with Crippen LogP contribution in [-0.2, 0) is 11.2 Å². The molecule has 0 unspecified atom stereocenters. The fourth-order valence-electron chi connectivity index (χ4n) is 2.02. The monoisotopic (exact) mass is 317 g/mol. The van der Waals surface area contributed by atoms with Crippen molar-refractivity contribution in [2.45, 2.75) is 26.7 Å². The highest BCUT2D eigenvalue weighted by Gasteiger charge is 2.06. The number of amides is 1. The number of carbonyl (C=O) groups excluding carboxylic acids is 1. The first-order chi connectivity index (χ1) is 10.6. The molecule has 1 amide bonds. The molecule has 0 saturated heterocycles. The standard InChI is InChI=1S/C18H20ClNO2/c1-3-14-5-8-16(9-6-14)22-11-10-18(21)20-17-12-15(19)7-4-13(17)2/h4-9,12H,3,10-11H2,1-2H3,(H,20,21). The first-order valence-corrected chi connectivity index (χ1v) is 7.74. The molecule has 0 atom stereocenters. The van der Waals surface area contributed by atoms with E-state index >= 15 is 0 Å². The molecule has 0 aromatic heterocycles. The quantitative estimate of drug-likeness (QED) is 0.844. The summed E-state index contributed by atoms with van der Waals surface area (Å²) in [5.74, 6) is 0.694. The summed E-state index contributed by atoms with van der Waals surface area (Å²) in [7, 11) is 0. The molecule has 2 rings (SSSR count). The predicted molar refractivity (Wildman–Crippen MR) is 90.8 cm³/mol. The van der Waals surface area contributed by atoms with Crippen molar-refractivity contribution in [2.24, 2.45) is 0 Å². The van der Waals surface area contributed by atoms with Gasteiger partial charge in [-0.05, 0) is 48.7 Å². The highest BCUT2D eigenvalue weighted by Crippen LogP contribution is 2.20. The van der Waals surface area contributed by atoms with E-state index in [9.17, 15) is 4.79 Å². The topological polar surface area (TPSA) is 38.3 Å². The zero-order chi connectivity index (χ0) is 15.9. The van der Waals surface area contributed by atoms with Gasteiger partial charge in [0.1, 0.15) is 5.75 Å². The minimum Gasteiger partial charge on any atom is -0.493 e. The van der Waals surface area contributed by atoms with E-state index in [4.69, 9.17) is 16.3 Å². The maximum absolute atomic E-state index is 11.9. The third kappa shape index (κ3) is 4.78. The zero-order valence-electron chi connectivity index (χ0n) is 12.9. The van der Waals surface area contributed by atoms with E-state index in [0.29, 0.717) is 18.1 Å². The van der Waals surface area contributed by atoms with Crippen LogP contribution in [0.3, 0.4) is 0 Å². The van der Waals surface area contributed by atoms with Crippen molar-refractivity contribution in [3.8, 4) is 5.75 Å². The minimum absolute atomic E-state index is 0.0875. The Morgan fingerprint density at radius 2 is 1.91 bits per heavy atom. The van der Waals surface area contributed by atoms with Gasteiger partial charge >= 0.3 is 0 Å². The molecule has 0 spiro atoms. The van der Waals surface area contributed by atoms with Crippen LogP contribution in [0.2, 0.25) is 5.02 Å². The van der Waals surface area contributed by atoms with Crippen LogP contribution >= 0.6 is 11.6 Å². The summed E-state index contributed by atoms with van der Waals surface area (Å²) in [6.45, 7) is 4.38. The first-order valence-electron chi connectivity index (χ1n) is 7.36. The van der Waals surface area contributed by atoms with E-state index in [2.05, 4.69) is 12.2 Å². The molecule has 0 heterocycles. The predicted octanol–water partition coefficient (Wildman–Crippen LogP) is 4.62. The van der Waals surface area contributed by atoms with Crippen molar-refractivity contribution in [3.05, 3.63) is 58.6 Å². The average molecular weight is 318 g/mol. The van der Waals surface area contributed by atoms with Crippen LogP contribution < -0.4 is 10.1 Å². The molecule has 3 nitrogen and oxygen atoms in total. The highest BCUT2D eigenvalue weighted by atomic mass is 35.5. The van der Waals surface area contributed by atoms with Crippen LogP contribution in [0.1, 0.15) is 24.5 Å². The Morgan fingerprint density at radius 1 is 1.18 bits per heavy atom. The molecule has 116 valence electrons. The maximum atomic E-state index is 11.9. The van der Waals surface area contributed by atoms with E-state index in [0.717, 1.165) is 23.4 Å². The Bertz CT molecular complexity index is 638. The molecule has 0 aliphatic carbocycles. The van der Waals surface area contributed by atoms with Crippen molar-refractivity contribution < 1.29 is 9.53 Å². The van der Waals surface area contributed by atoms with Gasteiger partial charge in [0.05, 0.1) is 13.0 Å². The lowest BCUT2D eigenvalue weighted by Crippen LogP contribution is -2.15.